The molecular weight excluding hydrogens is 365 g/mol. The molecule has 2 amide bonds. The van der Waals surface area contributed by atoms with Crippen molar-refractivity contribution in [2.24, 2.45) is 18.7 Å². The van der Waals surface area contributed by atoms with E-state index in [1.54, 1.807) is 0 Å². The maximum Gasteiger partial charge on any atom is 0.239 e. The molecule has 1 aromatic carbocycles. The Morgan fingerprint density at radius 2 is 1.84 bits per heavy atom. The highest BCUT2D eigenvalue weighted by molar-refractivity contribution is 5.87. The average molecular weight is 390 g/mol. The van der Waals surface area contributed by atoms with Gasteiger partial charge in [-0.05, 0) is 18.1 Å². The molecule has 1 aromatic heterocycles. The van der Waals surface area contributed by atoms with Gasteiger partial charge in [-0.15, -0.1) is 24.8 Å². The first kappa shape index (κ1) is 23.2. The van der Waals surface area contributed by atoms with Gasteiger partial charge in [-0.2, -0.15) is 0 Å². The monoisotopic (exact) mass is 389 g/mol. The summed E-state index contributed by atoms with van der Waals surface area (Å²) in [6.45, 7) is 3.92. The minimum Gasteiger partial charge on any atom is -0.347 e. The predicted molar refractivity (Wildman–Crippen MR) is 103 cm³/mol. The number of nitrogens with one attached hydrogen (secondary N) is 2. The van der Waals surface area contributed by atoms with E-state index in [-0.39, 0.29) is 49.1 Å². The van der Waals surface area contributed by atoms with E-state index in [9.17, 15) is 9.59 Å². The van der Waals surface area contributed by atoms with E-state index in [1.165, 1.54) is 0 Å². The molecule has 0 bridgehead atoms. The van der Waals surface area contributed by atoms with Crippen molar-refractivity contribution in [3.63, 3.8) is 0 Å². The van der Waals surface area contributed by atoms with Gasteiger partial charge in [0, 0.05) is 7.05 Å². The molecule has 140 valence electrons. The van der Waals surface area contributed by atoms with Gasteiger partial charge < -0.3 is 20.9 Å². The number of aryl methyl sites for hydroxylation is 1. The third-order valence-corrected chi connectivity index (χ3v) is 3.77. The minimum atomic E-state index is -0.609. The van der Waals surface area contributed by atoms with Gasteiger partial charge in [-0.3, -0.25) is 9.59 Å². The van der Waals surface area contributed by atoms with E-state index >= 15 is 0 Å². The Hall–Kier alpha value is -1.83. The van der Waals surface area contributed by atoms with Crippen LogP contribution in [0.15, 0.2) is 24.3 Å². The Morgan fingerprint density at radius 3 is 2.44 bits per heavy atom. The number of rotatable bonds is 6. The van der Waals surface area contributed by atoms with Crippen molar-refractivity contribution in [2.45, 2.75) is 26.4 Å². The van der Waals surface area contributed by atoms with Crippen LogP contribution < -0.4 is 16.4 Å². The van der Waals surface area contributed by atoms with Gasteiger partial charge in [0.1, 0.15) is 5.82 Å². The summed E-state index contributed by atoms with van der Waals surface area (Å²) in [5.74, 6) is 0.182. The van der Waals surface area contributed by atoms with E-state index < -0.39 is 6.04 Å². The zero-order valence-electron chi connectivity index (χ0n) is 14.5. The lowest BCUT2D eigenvalue weighted by atomic mass is 10.1. The van der Waals surface area contributed by atoms with Crippen molar-refractivity contribution in [2.75, 3.05) is 6.54 Å². The number of nitrogens with two attached hydrogens (primary N) is 1. The molecule has 0 aliphatic heterocycles. The van der Waals surface area contributed by atoms with Gasteiger partial charge in [-0.25, -0.2) is 4.98 Å². The van der Waals surface area contributed by atoms with Crippen molar-refractivity contribution >= 4 is 47.7 Å². The van der Waals surface area contributed by atoms with E-state index in [4.69, 9.17) is 5.73 Å². The average Bonchev–Trinajstić information content (AvgIpc) is 2.86. The highest BCUT2D eigenvalue weighted by Gasteiger charge is 2.17. The number of benzene rings is 1. The molecule has 0 saturated heterocycles. The third kappa shape index (κ3) is 5.88. The number of amides is 2. The standard InChI is InChI=1S/C16H23N5O2.2ClH/c1-10(2)15(17)16(23)19-9-14(22)18-8-13-20-11-6-4-5-7-12(11)21(13)3;;/h4-7,10,15H,8-9,17H2,1-3H3,(H,18,22)(H,19,23);2*1H/t15-;;/m0../s1. The molecule has 2 rings (SSSR count). The Kier molecular flexibility index (Phi) is 9.48. The Morgan fingerprint density at radius 1 is 1.20 bits per heavy atom. The van der Waals surface area contributed by atoms with Crippen LogP contribution in [0.5, 0.6) is 0 Å². The molecular formula is C16H25Cl2N5O2. The van der Waals surface area contributed by atoms with Crippen molar-refractivity contribution < 1.29 is 9.59 Å². The summed E-state index contributed by atoms with van der Waals surface area (Å²) in [5.41, 5.74) is 7.61. The van der Waals surface area contributed by atoms with E-state index in [2.05, 4.69) is 15.6 Å². The number of carbonyl (C=O) groups excluding carboxylic acids is 2. The molecule has 4 N–H and O–H groups in total. The maximum atomic E-state index is 11.8. The third-order valence-electron chi connectivity index (χ3n) is 3.77. The van der Waals surface area contributed by atoms with E-state index in [0.29, 0.717) is 6.54 Å². The Labute approximate surface area is 159 Å². The number of carbonyl (C=O) groups is 2. The van der Waals surface area contributed by atoms with Crippen LogP contribution in [0.2, 0.25) is 0 Å². The van der Waals surface area contributed by atoms with Crippen LogP contribution in [0.3, 0.4) is 0 Å². The van der Waals surface area contributed by atoms with Crippen LogP contribution in [0.25, 0.3) is 11.0 Å². The quantitative estimate of drug-likeness (QED) is 0.688. The summed E-state index contributed by atoms with van der Waals surface area (Å²) >= 11 is 0. The number of imidazole rings is 1. The number of para-hydroxylation sites is 2. The number of nitrogens with zero attached hydrogens (tertiary/aromatic N) is 2. The molecule has 1 atom stereocenters. The molecule has 7 nitrogen and oxygen atoms in total. The normalized spacial score (nSPS) is 11.4. The zero-order valence-corrected chi connectivity index (χ0v) is 16.1. The molecule has 0 radical (unpaired) electrons. The second-order valence-corrected chi connectivity index (χ2v) is 5.84. The van der Waals surface area contributed by atoms with Gasteiger partial charge in [-0.1, -0.05) is 26.0 Å². The molecule has 0 fully saturated rings. The summed E-state index contributed by atoms with van der Waals surface area (Å²) in [6, 6.07) is 7.16. The van der Waals surface area contributed by atoms with Crippen LogP contribution in [-0.4, -0.2) is 34.0 Å². The fraction of sp³-hybridized carbons (Fsp3) is 0.438. The van der Waals surface area contributed by atoms with Crippen LogP contribution in [-0.2, 0) is 23.2 Å². The predicted octanol–water partition coefficient (Wildman–Crippen LogP) is 1.13. The molecule has 0 spiro atoms. The summed E-state index contributed by atoms with van der Waals surface area (Å²) in [6.07, 6.45) is 0. The van der Waals surface area contributed by atoms with Gasteiger partial charge >= 0.3 is 0 Å². The van der Waals surface area contributed by atoms with E-state index in [1.807, 2.05) is 49.7 Å². The fourth-order valence-corrected chi connectivity index (χ4v) is 2.18. The first-order chi connectivity index (χ1) is 10.9. The second kappa shape index (κ2) is 10.2. The van der Waals surface area contributed by atoms with Gasteiger partial charge in [0.15, 0.2) is 0 Å². The highest BCUT2D eigenvalue weighted by atomic mass is 35.5. The molecule has 2 aromatic rings. The molecule has 9 heteroatoms. The van der Waals surface area contributed by atoms with Gasteiger partial charge in [0.25, 0.3) is 0 Å². The largest absolute Gasteiger partial charge is 0.347 e. The molecule has 0 aliphatic rings. The van der Waals surface area contributed by atoms with Gasteiger partial charge in [0.05, 0.1) is 30.2 Å². The number of hydrogen-bond donors (Lipinski definition) is 3. The molecule has 0 unspecified atom stereocenters. The van der Waals surface area contributed by atoms with Crippen LogP contribution in [0, 0.1) is 5.92 Å². The van der Waals surface area contributed by atoms with E-state index in [0.717, 1.165) is 16.9 Å². The number of hydrogen-bond acceptors (Lipinski definition) is 4. The fourth-order valence-electron chi connectivity index (χ4n) is 2.18. The molecule has 1 heterocycles. The summed E-state index contributed by atoms with van der Waals surface area (Å²) in [5, 5.41) is 5.28. The van der Waals surface area contributed by atoms with Gasteiger partial charge in [0.2, 0.25) is 11.8 Å². The maximum absolute atomic E-state index is 11.8. The first-order valence-electron chi connectivity index (χ1n) is 7.60. The zero-order chi connectivity index (χ0) is 17.0. The minimum absolute atomic E-state index is 0. The summed E-state index contributed by atoms with van der Waals surface area (Å²) in [4.78, 5) is 28.0. The van der Waals surface area contributed by atoms with Crippen LogP contribution in [0.1, 0.15) is 19.7 Å². The molecule has 0 aliphatic carbocycles. The van der Waals surface area contributed by atoms with Crippen molar-refractivity contribution in [3.05, 3.63) is 30.1 Å². The molecule has 0 saturated carbocycles. The Bertz CT molecular complexity index is 718. The van der Waals surface area contributed by atoms with Crippen molar-refractivity contribution in [1.82, 2.24) is 20.2 Å². The summed E-state index contributed by atoms with van der Waals surface area (Å²) in [7, 11) is 1.90. The van der Waals surface area contributed by atoms with Crippen LogP contribution >= 0.6 is 24.8 Å². The summed E-state index contributed by atoms with van der Waals surface area (Å²) < 4.78 is 1.93. The lowest BCUT2D eigenvalue weighted by molar-refractivity contribution is -0.127. The molecule has 25 heavy (non-hydrogen) atoms. The SMILES string of the molecule is CC(C)[C@H](N)C(=O)NCC(=O)NCc1nc2ccccc2n1C.Cl.Cl. The second-order valence-electron chi connectivity index (χ2n) is 5.84. The number of halogens is 2. The van der Waals surface area contributed by atoms with Crippen molar-refractivity contribution in [1.29, 1.82) is 0 Å². The first-order valence-corrected chi connectivity index (χ1v) is 7.60. The lowest BCUT2D eigenvalue weighted by Crippen LogP contribution is -2.47. The van der Waals surface area contributed by atoms with Crippen LogP contribution in [0.4, 0.5) is 0 Å². The van der Waals surface area contributed by atoms with Crippen molar-refractivity contribution in [3.8, 4) is 0 Å². The smallest absolute Gasteiger partial charge is 0.239 e. The number of aromatic nitrogens is 2. The highest BCUT2D eigenvalue weighted by Crippen LogP contribution is 2.13. The number of fused-ring (bicyclic) bond motifs is 1. The lowest BCUT2D eigenvalue weighted by Gasteiger charge is -2.15. The Balaban J connectivity index is 0.00000288. The topological polar surface area (TPSA) is 102 Å².